The number of hydrogen-bond acceptors (Lipinski definition) is 6. The molecule has 1 atom stereocenters. The lowest BCUT2D eigenvalue weighted by molar-refractivity contribution is 0.171. The Hall–Kier alpha value is -2.48. The average molecular weight is 457 g/mol. The van der Waals surface area contributed by atoms with Crippen LogP contribution in [0.15, 0.2) is 42.5 Å². The number of aromatic nitrogens is 4. The van der Waals surface area contributed by atoms with Crippen LogP contribution in [0, 0.1) is 20.8 Å². The van der Waals surface area contributed by atoms with E-state index < -0.39 is 0 Å². The van der Waals surface area contributed by atoms with Gasteiger partial charge in [0.05, 0.1) is 19.2 Å². The number of aryl methyl sites for hydroxylation is 2. The third-order valence-electron chi connectivity index (χ3n) is 6.30. The van der Waals surface area contributed by atoms with E-state index in [1.807, 2.05) is 4.68 Å². The lowest BCUT2D eigenvalue weighted by Gasteiger charge is -2.40. The molecule has 1 fully saturated rings. The number of tetrazole rings is 1. The van der Waals surface area contributed by atoms with Crippen molar-refractivity contribution in [2.45, 2.75) is 33.4 Å². The highest BCUT2D eigenvalue weighted by Crippen LogP contribution is 2.30. The number of methoxy groups -OCH3 is 1. The molecule has 4 rings (SSSR count). The summed E-state index contributed by atoms with van der Waals surface area (Å²) in [5, 5.41) is 12.7. The molecule has 1 unspecified atom stereocenters. The fraction of sp³-hybridized carbons (Fsp3) is 0.458. The van der Waals surface area contributed by atoms with Gasteiger partial charge in [-0.15, -0.1) is 17.5 Å². The third kappa shape index (κ3) is 5.11. The van der Waals surface area contributed by atoms with Crippen LogP contribution in [-0.2, 0) is 11.3 Å². The smallest absolute Gasteiger partial charge is 0.173 e. The molecule has 1 aliphatic rings. The van der Waals surface area contributed by atoms with Crippen LogP contribution in [0.1, 0.15) is 34.1 Å². The maximum Gasteiger partial charge on any atom is 0.173 e. The van der Waals surface area contributed by atoms with Crippen molar-refractivity contribution in [2.24, 2.45) is 0 Å². The minimum absolute atomic E-state index is 0. The summed E-state index contributed by atoms with van der Waals surface area (Å²) in [6, 6.07) is 15.3. The largest absolute Gasteiger partial charge is 0.383 e. The van der Waals surface area contributed by atoms with Gasteiger partial charge < -0.3 is 9.64 Å². The second-order valence-corrected chi connectivity index (χ2v) is 8.31. The topological polar surface area (TPSA) is 59.3 Å². The molecule has 0 aliphatic carbocycles. The predicted molar refractivity (Wildman–Crippen MR) is 130 cm³/mol. The highest BCUT2D eigenvalue weighted by molar-refractivity contribution is 5.85. The summed E-state index contributed by atoms with van der Waals surface area (Å²) in [5.41, 5.74) is 6.53. The standard InChI is InChI=1S/C24H32N6O.ClH/c1-18-8-10-21(11-9-18)23(24-25-26-27-30(24)16-17-31-4)29-14-12-28(13-15-29)22-7-5-6-19(2)20(22)3;/h5-11,23H,12-17H2,1-4H3;1H. The van der Waals surface area contributed by atoms with Crippen LogP contribution in [0.25, 0.3) is 0 Å². The summed E-state index contributed by atoms with van der Waals surface area (Å²) in [7, 11) is 1.70. The Balaban J connectivity index is 0.00000289. The van der Waals surface area contributed by atoms with Crippen LogP contribution in [0.4, 0.5) is 5.69 Å². The van der Waals surface area contributed by atoms with Gasteiger partial charge in [0, 0.05) is 39.0 Å². The molecule has 7 nitrogen and oxygen atoms in total. The van der Waals surface area contributed by atoms with Crippen molar-refractivity contribution >= 4 is 18.1 Å². The van der Waals surface area contributed by atoms with E-state index in [2.05, 4.69) is 88.6 Å². The SMILES string of the molecule is COCCn1nnnc1C(c1ccc(C)cc1)N1CCN(c2cccc(C)c2C)CC1.Cl. The summed E-state index contributed by atoms with van der Waals surface area (Å²) < 4.78 is 7.14. The molecule has 1 aromatic heterocycles. The van der Waals surface area contributed by atoms with Gasteiger partial charge in [-0.25, -0.2) is 4.68 Å². The third-order valence-corrected chi connectivity index (χ3v) is 6.30. The van der Waals surface area contributed by atoms with Crippen molar-refractivity contribution in [2.75, 3.05) is 44.8 Å². The molecule has 0 radical (unpaired) electrons. The number of ether oxygens (including phenoxy) is 1. The Morgan fingerprint density at radius 2 is 1.69 bits per heavy atom. The van der Waals surface area contributed by atoms with E-state index in [0.29, 0.717) is 13.2 Å². The monoisotopic (exact) mass is 456 g/mol. The molecule has 0 saturated carbocycles. The molecule has 0 spiro atoms. The molecule has 2 heterocycles. The van der Waals surface area contributed by atoms with Crippen molar-refractivity contribution < 1.29 is 4.74 Å². The molecular weight excluding hydrogens is 424 g/mol. The molecule has 32 heavy (non-hydrogen) atoms. The molecule has 1 aliphatic heterocycles. The molecule has 1 saturated heterocycles. The van der Waals surface area contributed by atoms with Crippen LogP contribution >= 0.6 is 12.4 Å². The number of hydrogen-bond donors (Lipinski definition) is 0. The van der Waals surface area contributed by atoms with Gasteiger partial charge in [-0.2, -0.15) is 0 Å². The van der Waals surface area contributed by atoms with Gasteiger partial charge in [0.1, 0.15) is 0 Å². The van der Waals surface area contributed by atoms with Gasteiger partial charge in [-0.1, -0.05) is 42.0 Å². The summed E-state index contributed by atoms with van der Waals surface area (Å²) in [5.74, 6) is 0.876. The van der Waals surface area contributed by atoms with E-state index in [1.165, 1.54) is 27.9 Å². The maximum atomic E-state index is 5.26. The van der Waals surface area contributed by atoms with Gasteiger partial charge in [-0.3, -0.25) is 4.90 Å². The number of nitrogens with zero attached hydrogens (tertiary/aromatic N) is 6. The number of anilines is 1. The fourth-order valence-corrected chi connectivity index (χ4v) is 4.32. The zero-order valence-corrected chi connectivity index (χ0v) is 20.2. The van der Waals surface area contributed by atoms with Crippen LogP contribution in [0.5, 0.6) is 0 Å². The summed E-state index contributed by atoms with van der Waals surface area (Å²) in [4.78, 5) is 5.00. The maximum absolute atomic E-state index is 5.26. The first-order valence-electron chi connectivity index (χ1n) is 10.9. The second kappa shape index (κ2) is 10.9. The number of piperazine rings is 1. The van der Waals surface area contributed by atoms with Crippen molar-refractivity contribution in [3.8, 4) is 0 Å². The lowest BCUT2D eigenvalue weighted by Crippen LogP contribution is -2.48. The molecule has 3 aromatic rings. The Morgan fingerprint density at radius 3 is 2.38 bits per heavy atom. The molecular formula is C24H33ClN6O. The zero-order chi connectivity index (χ0) is 21.8. The van der Waals surface area contributed by atoms with Crippen LogP contribution < -0.4 is 4.90 Å². The molecule has 2 aromatic carbocycles. The van der Waals surface area contributed by atoms with E-state index in [1.54, 1.807) is 7.11 Å². The predicted octanol–water partition coefficient (Wildman–Crippen LogP) is 3.58. The van der Waals surface area contributed by atoms with E-state index in [4.69, 9.17) is 4.74 Å². The van der Waals surface area contributed by atoms with E-state index >= 15 is 0 Å². The van der Waals surface area contributed by atoms with E-state index in [0.717, 1.165) is 32.0 Å². The summed E-state index contributed by atoms with van der Waals surface area (Å²) in [6.45, 7) is 11.6. The minimum Gasteiger partial charge on any atom is -0.383 e. The van der Waals surface area contributed by atoms with Crippen molar-refractivity contribution in [1.82, 2.24) is 25.1 Å². The van der Waals surface area contributed by atoms with Gasteiger partial charge in [-0.05, 0) is 54.0 Å². The Kier molecular flexibility index (Phi) is 8.23. The lowest BCUT2D eigenvalue weighted by atomic mass is 10.0. The highest BCUT2D eigenvalue weighted by Gasteiger charge is 2.31. The van der Waals surface area contributed by atoms with Gasteiger partial charge in [0.2, 0.25) is 0 Å². The van der Waals surface area contributed by atoms with Crippen LogP contribution in [0.2, 0.25) is 0 Å². The fourth-order valence-electron chi connectivity index (χ4n) is 4.32. The first-order chi connectivity index (χ1) is 15.1. The minimum atomic E-state index is 0. The summed E-state index contributed by atoms with van der Waals surface area (Å²) >= 11 is 0. The Labute approximate surface area is 196 Å². The van der Waals surface area contributed by atoms with Crippen molar-refractivity contribution in [3.05, 3.63) is 70.5 Å². The van der Waals surface area contributed by atoms with E-state index in [9.17, 15) is 0 Å². The van der Waals surface area contributed by atoms with Crippen molar-refractivity contribution in [3.63, 3.8) is 0 Å². The number of halogens is 1. The van der Waals surface area contributed by atoms with E-state index in [-0.39, 0.29) is 18.4 Å². The first-order valence-corrected chi connectivity index (χ1v) is 10.9. The molecule has 0 N–H and O–H groups in total. The molecule has 0 bridgehead atoms. The van der Waals surface area contributed by atoms with Gasteiger partial charge in [0.15, 0.2) is 5.82 Å². The zero-order valence-electron chi connectivity index (χ0n) is 19.4. The number of benzene rings is 2. The van der Waals surface area contributed by atoms with Gasteiger partial charge >= 0.3 is 0 Å². The normalized spacial score (nSPS) is 15.4. The average Bonchev–Trinajstić information content (AvgIpc) is 3.24. The number of rotatable bonds is 7. The van der Waals surface area contributed by atoms with Crippen molar-refractivity contribution in [1.29, 1.82) is 0 Å². The molecule has 8 heteroatoms. The van der Waals surface area contributed by atoms with Crippen LogP contribution in [0.3, 0.4) is 0 Å². The first kappa shape index (κ1) is 24.2. The quantitative estimate of drug-likeness (QED) is 0.541. The van der Waals surface area contributed by atoms with Gasteiger partial charge in [0.25, 0.3) is 0 Å². The Bertz CT molecular complexity index is 998. The molecule has 0 amide bonds. The summed E-state index contributed by atoms with van der Waals surface area (Å²) in [6.07, 6.45) is 0. The highest BCUT2D eigenvalue weighted by atomic mass is 35.5. The molecule has 172 valence electrons. The Morgan fingerprint density at radius 1 is 0.969 bits per heavy atom. The second-order valence-electron chi connectivity index (χ2n) is 8.31. The van der Waals surface area contributed by atoms with Crippen LogP contribution in [-0.4, -0.2) is 65.0 Å².